The molecule has 1 fully saturated rings. The number of furan rings is 1. The third kappa shape index (κ3) is 2.31. The molecule has 0 saturated heterocycles. The van der Waals surface area contributed by atoms with Gasteiger partial charge in [0.2, 0.25) is 0 Å². The number of hydrogen-bond acceptors (Lipinski definition) is 2. The maximum absolute atomic E-state index is 11.5. The van der Waals surface area contributed by atoms with Crippen LogP contribution >= 0.6 is 0 Å². The quantitative estimate of drug-likeness (QED) is 0.757. The van der Waals surface area contributed by atoms with E-state index >= 15 is 0 Å². The molecule has 2 heteroatoms. The molecule has 0 radical (unpaired) electrons. The van der Waals surface area contributed by atoms with Crippen LogP contribution in [0.2, 0.25) is 0 Å². The van der Waals surface area contributed by atoms with E-state index < -0.39 is 0 Å². The number of carbonyl (C=O) groups excluding carboxylic acids is 1. The van der Waals surface area contributed by atoms with E-state index in [2.05, 4.69) is 6.92 Å². The van der Waals surface area contributed by atoms with Crippen molar-refractivity contribution in [2.75, 3.05) is 0 Å². The van der Waals surface area contributed by atoms with E-state index in [1.165, 1.54) is 18.4 Å². The van der Waals surface area contributed by atoms with Gasteiger partial charge in [-0.3, -0.25) is 4.79 Å². The van der Waals surface area contributed by atoms with Crippen LogP contribution in [0.1, 0.15) is 50.5 Å². The Hall–Kier alpha value is -1.05. The highest BCUT2D eigenvalue weighted by Crippen LogP contribution is 2.38. The molecule has 1 aliphatic carbocycles. The van der Waals surface area contributed by atoms with Crippen molar-refractivity contribution in [3.63, 3.8) is 0 Å². The van der Waals surface area contributed by atoms with Crippen molar-refractivity contribution in [3.8, 4) is 0 Å². The average molecular weight is 206 g/mol. The van der Waals surface area contributed by atoms with Crippen LogP contribution in [-0.4, -0.2) is 5.78 Å². The van der Waals surface area contributed by atoms with Gasteiger partial charge in [-0.2, -0.15) is 0 Å². The minimum Gasteiger partial charge on any atom is -0.472 e. The van der Waals surface area contributed by atoms with Gasteiger partial charge in [0.25, 0.3) is 0 Å². The van der Waals surface area contributed by atoms with Gasteiger partial charge in [0, 0.05) is 12.8 Å². The molecule has 15 heavy (non-hydrogen) atoms. The van der Waals surface area contributed by atoms with Crippen LogP contribution < -0.4 is 0 Å². The van der Waals surface area contributed by atoms with Crippen LogP contribution in [0, 0.1) is 5.92 Å². The largest absolute Gasteiger partial charge is 0.472 e. The fourth-order valence-electron chi connectivity index (χ4n) is 2.65. The summed E-state index contributed by atoms with van der Waals surface area (Å²) >= 11 is 0. The predicted octanol–water partition coefficient (Wildman–Crippen LogP) is 3.53. The van der Waals surface area contributed by atoms with Gasteiger partial charge >= 0.3 is 0 Å². The molecular formula is C13H18O2. The van der Waals surface area contributed by atoms with Crippen LogP contribution in [-0.2, 0) is 4.79 Å². The summed E-state index contributed by atoms with van der Waals surface area (Å²) in [7, 11) is 0. The summed E-state index contributed by atoms with van der Waals surface area (Å²) in [5, 5.41) is 0. The Labute approximate surface area is 90.7 Å². The first-order valence-electron chi connectivity index (χ1n) is 5.85. The molecule has 0 aromatic carbocycles. The second-order valence-corrected chi connectivity index (χ2v) is 4.49. The van der Waals surface area contributed by atoms with E-state index in [4.69, 9.17) is 4.42 Å². The molecule has 1 saturated carbocycles. The Balaban J connectivity index is 2.13. The van der Waals surface area contributed by atoms with Gasteiger partial charge in [0.05, 0.1) is 12.5 Å². The lowest BCUT2D eigenvalue weighted by Gasteiger charge is -2.29. The predicted molar refractivity (Wildman–Crippen MR) is 58.7 cm³/mol. The van der Waals surface area contributed by atoms with E-state index in [1.54, 1.807) is 12.5 Å². The Kier molecular flexibility index (Phi) is 3.24. The van der Waals surface area contributed by atoms with E-state index in [-0.39, 0.29) is 0 Å². The number of hydrogen-bond donors (Lipinski definition) is 0. The molecule has 0 bridgehead atoms. The SMILES string of the molecule is CCCC1CCC(=O)CC1c1ccoc1. The van der Waals surface area contributed by atoms with Crippen LogP contribution in [0.25, 0.3) is 0 Å². The second kappa shape index (κ2) is 4.65. The minimum absolute atomic E-state index is 0.407. The highest BCUT2D eigenvalue weighted by molar-refractivity contribution is 5.80. The number of rotatable bonds is 3. The van der Waals surface area contributed by atoms with Crippen molar-refractivity contribution in [2.24, 2.45) is 5.92 Å². The molecule has 0 aliphatic heterocycles. The fourth-order valence-corrected chi connectivity index (χ4v) is 2.65. The summed E-state index contributed by atoms with van der Waals surface area (Å²) in [5.41, 5.74) is 1.21. The molecule has 1 aromatic heterocycles. The first-order valence-corrected chi connectivity index (χ1v) is 5.85. The lowest BCUT2D eigenvalue weighted by atomic mass is 9.74. The third-order valence-corrected chi connectivity index (χ3v) is 3.44. The summed E-state index contributed by atoms with van der Waals surface area (Å²) in [6, 6.07) is 2.01. The number of Topliss-reactive ketones (excluding diaryl/α,β-unsaturated/α-hetero) is 1. The molecule has 2 atom stereocenters. The van der Waals surface area contributed by atoms with Crippen molar-refractivity contribution < 1.29 is 9.21 Å². The van der Waals surface area contributed by atoms with E-state index in [1.807, 2.05) is 6.07 Å². The third-order valence-electron chi connectivity index (χ3n) is 3.44. The van der Waals surface area contributed by atoms with Crippen LogP contribution in [0.5, 0.6) is 0 Å². The van der Waals surface area contributed by atoms with Gasteiger partial charge in [-0.1, -0.05) is 19.8 Å². The first-order chi connectivity index (χ1) is 7.31. The second-order valence-electron chi connectivity index (χ2n) is 4.49. The molecule has 1 heterocycles. The summed E-state index contributed by atoms with van der Waals surface area (Å²) in [6.07, 6.45) is 8.48. The van der Waals surface area contributed by atoms with Crippen molar-refractivity contribution in [2.45, 2.75) is 44.9 Å². The van der Waals surface area contributed by atoms with E-state index in [0.29, 0.717) is 24.0 Å². The fraction of sp³-hybridized carbons (Fsp3) is 0.615. The first kappa shape index (κ1) is 10.5. The normalized spacial score (nSPS) is 26.9. The van der Waals surface area contributed by atoms with Gasteiger partial charge in [0.1, 0.15) is 5.78 Å². The van der Waals surface area contributed by atoms with Gasteiger partial charge in [-0.15, -0.1) is 0 Å². The monoisotopic (exact) mass is 206 g/mol. The zero-order valence-electron chi connectivity index (χ0n) is 9.24. The smallest absolute Gasteiger partial charge is 0.133 e. The molecule has 0 amide bonds. The van der Waals surface area contributed by atoms with Crippen molar-refractivity contribution in [1.82, 2.24) is 0 Å². The zero-order valence-corrected chi connectivity index (χ0v) is 9.24. The lowest BCUT2D eigenvalue weighted by molar-refractivity contribution is -0.121. The topological polar surface area (TPSA) is 30.2 Å². The van der Waals surface area contributed by atoms with Crippen molar-refractivity contribution in [3.05, 3.63) is 24.2 Å². The maximum atomic E-state index is 11.5. The molecule has 2 unspecified atom stereocenters. The van der Waals surface area contributed by atoms with Crippen LogP contribution in [0.3, 0.4) is 0 Å². The highest BCUT2D eigenvalue weighted by atomic mass is 16.3. The van der Waals surface area contributed by atoms with Crippen LogP contribution in [0.15, 0.2) is 23.0 Å². The number of carbonyl (C=O) groups is 1. The summed E-state index contributed by atoms with van der Waals surface area (Å²) in [4.78, 5) is 11.5. The molecule has 0 spiro atoms. The molecule has 1 aliphatic rings. The van der Waals surface area contributed by atoms with Gasteiger partial charge in [-0.05, 0) is 29.9 Å². The standard InChI is InChI=1S/C13H18O2/c1-2-3-10-4-5-12(14)8-13(10)11-6-7-15-9-11/h6-7,9-10,13H,2-5,8H2,1H3. The summed E-state index contributed by atoms with van der Waals surface area (Å²) in [6.45, 7) is 2.21. The molecule has 82 valence electrons. The Morgan fingerprint density at radius 1 is 1.53 bits per heavy atom. The maximum Gasteiger partial charge on any atom is 0.133 e. The summed E-state index contributed by atoms with van der Waals surface area (Å²) in [5.74, 6) is 1.49. The zero-order chi connectivity index (χ0) is 10.7. The summed E-state index contributed by atoms with van der Waals surface area (Å²) < 4.78 is 5.12. The van der Waals surface area contributed by atoms with Gasteiger partial charge < -0.3 is 4.42 Å². The van der Waals surface area contributed by atoms with Gasteiger partial charge in [0.15, 0.2) is 0 Å². The molecule has 0 N–H and O–H groups in total. The number of ketones is 1. The average Bonchev–Trinajstić information content (AvgIpc) is 2.74. The Morgan fingerprint density at radius 3 is 3.07 bits per heavy atom. The van der Waals surface area contributed by atoms with Gasteiger partial charge in [-0.25, -0.2) is 0 Å². The molecule has 2 rings (SSSR count). The Morgan fingerprint density at radius 2 is 2.40 bits per heavy atom. The van der Waals surface area contributed by atoms with Crippen molar-refractivity contribution >= 4 is 5.78 Å². The molecular weight excluding hydrogens is 188 g/mol. The molecule has 2 nitrogen and oxygen atoms in total. The van der Waals surface area contributed by atoms with E-state index in [0.717, 1.165) is 12.8 Å². The highest BCUT2D eigenvalue weighted by Gasteiger charge is 2.30. The molecule has 1 aromatic rings. The van der Waals surface area contributed by atoms with Crippen molar-refractivity contribution in [1.29, 1.82) is 0 Å². The Bertz CT molecular complexity index is 313. The van der Waals surface area contributed by atoms with E-state index in [9.17, 15) is 4.79 Å². The lowest BCUT2D eigenvalue weighted by Crippen LogP contribution is -2.23. The van der Waals surface area contributed by atoms with Crippen LogP contribution in [0.4, 0.5) is 0 Å². The minimum atomic E-state index is 0.407.